The lowest BCUT2D eigenvalue weighted by atomic mass is 10.3. The molecule has 0 amide bonds. The van der Waals surface area contributed by atoms with Crippen molar-refractivity contribution in [3.8, 4) is 0 Å². The average Bonchev–Trinajstić information content (AvgIpc) is 1.87. The minimum Gasteiger partial charge on any atom is -0.392 e. The van der Waals surface area contributed by atoms with Gasteiger partial charge >= 0.3 is 0 Å². The number of hydrogen-bond acceptors (Lipinski definition) is 2. The van der Waals surface area contributed by atoms with Crippen LogP contribution in [0.1, 0.15) is 26.7 Å². The van der Waals surface area contributed by atoms with Crippen LogP contribution in [0.2, 0.25) is 0 Å². The van der Waals surface area contributed by atoms with Crippen LogP contribution in [0.4, 0.5) is 0 Å². The number of hydrogen-bond donors (Lipinski definition) is 2. The lowest BCUT2D eigenvalue weighted by molar-refractivity contribution is 0.196. The van der Waals surface area contributed by atoms with Gasteiger partial charge < -0.3 is 10.4 Å². The molecular weight excluding hydrogens is 126 g/mol. The quantitative estimate of drug-likeness (QED) is 0.607. The first kappa shape index (κ1) is 9.50. The molecule has 60 valence electrons. The maximum atomic E-state index is 8.81. The number of rotatable bonds is 5. The van der Waals surface area contributed by atoms with Gasteiger partial charge in [-0.15, -0.1) is 0 Å². The van der Waals surface area contributed by atoms with E-state index in [0.717, 1.165) is 6.42 Å². The van der Waals surface area contributed by atoms with Crippen molar-refractivity contribution in [2.24, 2.45) is 0 Å². The molecule has 1 atom stereocenters. The van der Waals surface area contributed by atoms with Crippen LogP contribution in [0.15, 0.2) is 12.3 Å². The summed E-state index contributed by atoms with van der Waals surface area (Å²) in [5.74, 6) is 0. The summed E-state index contributed by atoms with van der Waals surface area (Å²) < 4.78 is 0. The normalized spacial score (nSPS) is 13.9. The van der Waals surface area contributed by atoms with Crippen molar-refractivity contribution < 1.29 is 5.11 Å². The van der Waals surface area contributed by atoms with Crippen molar-refractivity contribution in [2.45, 2.75) is 32.8 Å². The van der Waals surface area contributed by atoms with Gasteiger partial charge in [0.2, 0.25) is 0 Å². The molecule has 0 aliphatic heterocycles. The van der Waals surface area contributed by atoms with E-state index in [1.54, 1.807) is 6.92 Å². The number of allylic oxidation sites excluding steroid dienone is 1. The minimum absolute atomic E-state index is 0.258. The predicted octanol–water partition coefficient (Wildman–Crippen LogP) is 1.27. The third-order valence-electron chi connectivity index (χ3n) is 1.10. The van der Waals surface area contributed by atoms with Gasteiger partial charge in [0.15, 0.2) is 0 Å². The molecule has 0 aromatic rings. The van der Waals surface area contributed by atoms with Crippen molar-refractivity contribution in [1.29, 1.82) is 0 Å². The molecule has 0 aromatic heterocycles. The molecular formula is C8H17NO. The summed E-state index contributed by atoms with van der Waals surface area (Å²) in [6.07, 6.45) is 5.99. The van der Waals surface area contributed by atoms with Crippen molar-refractivity contribution in [2.75, 3.05) is 6.54 Å². The summed E-state index contributed by atoms with van der Waals surface area (Å²) in [6.45, 7) is 4.54. The SMILES string of the molecule is CCC/C=C/NC[C@@H](C)O. The van der Waals surface area contributed by atoms with Crippen molar-refractivity contribution in [3.05, 3.63) is 12.3 Å². The van der Waals surface area contributed by atoms with Crippen molar-refractivity contribution >= 4 is 0 Å². The van der Waals surface area contributed by atoms with Gasteiger partial charge in [0.1, 0.15) is 0 Å². The summed E-state index contributed by atoms with van der Waals surface area (Å²) in [5, 5.41) is 11.8. The lowest BCUT2D eigenvalue weighted by Crippen LogP contribution is -2.19. The molecule has 0 saturated carbocycles. The van der Waals surface area contributed by atoms with E-state index in [1.807, 2.05) is 6.20 Å². The highest BCUT2D eigenvalue weighted by molar-refractivity contribution is 4.79. The van der Waals surface area contributed by atoms with Crippen LogP contribution >= 0.6 is 0 Å². The monoisotopic (exact) mass is 143 g/mol. The van der Waals surface area contributed by atoms with Crippen LogP contribution < -0.4 is 5.32 Å². The lowest BCUT2D eigenvalue weighted by Gasteiger charge is -2.01. The van der Waals surface area contributed by atoms with Gasteiger partial charge in [-0.3, -0.25) is 0 Å². The first-order valence-corrected chi connectivity index (χ1v) is 3.83. The van der Waals surface area contributed by atoms with Crippen LogP contribution in [0.25, 0.3) is 0 Å². The van der Waals surface area contributed by atoms with Crippen LogP contribution in [-0.2, 0) is 0 Å². The van der Waals surface area contributed by atoms with Gasteiger partial charge in [0, 0.05) is 6.54 Å². The topological polar surface area (TPSA) is 32.3 Å². The molecule has 0 rings (SSSR count). The smallest absolute Gasteiger partial charge is 0.0684 e. The summed E-state index contributed by atoms with van der Waals surface area (Å²) >= 11 is 0. The molecule has 0 aliphatic rings. The number of aliphatic hydroxyl groups excluding tert-OH is 1. The van der Waals surface area contributed by atoms with E-state index in [4.69, 9.17) is 5.11 Å². The Morgan fingerprint density at radius 1 is 1.60 bits per heavy atom. The number of unbranched alkanes of at least 4 members (excludes halogenated alkanes) is 1. The highest BCUT2D eigenvalue weighted by atomic mass is 16.3. The molecule has 0 aliphatic carbocycles. The molecule has 0 unspecified atom stereocenters. The maximum Gasteiger partial charge on any atom is 0.0684 e. The summed E-state index contributed by atoms with van der Waals surface area (Å²) in [7, 11) is 0. The Hall–Kier alpha value is -0.500. The largest absolute Gasteiger partial charge is 0.392 e. The Balaban J connectivity index is 3.02. The molecule has 2 nitrogen and oxygen atoms in total. The van der Waals surface area contributed by atoms with Crippen LogP contribution in [-0.4, -0.2) is 17.8 Å². The maximum absolute atomic E-state index is 8.81. The third-order valence-corrected chi connectivity index (χ3v) is 1.10. The van der Waals surface area contributed by atoms with E-state index in [1.165, 1.54) is 6.42 Å². The fourth-order valence-electron chi connectivity index (χ4n) is 0.572. The van der Waals surface area contributed by atoms with Gasteiger partial charge in [-0.2, -0.15) is 0 Å². The molecule has 0 spiro atoms. The molecule has 10 heavy (non-hydrogen) atoms. The minimum atomic E-state index is -0.258. The highest BCUT2D eigenvalue weighted by Crippen LogP contribution is 1.85. The Kier molecular flexibility index (Phi) is 6.29. The van der Waals surface area contributed by atoms with Crippen molar-refractivity contribution in [1.82, 2.24) is 5.32 Å². The Bertz CT molecular complexity index is 89.3. The van der Waals surface area contributed by atoms with Gasteiger partial charge in [-0.1, -0.05) is 19.4 Å². The summed E-state index contributed by atoms with van der Waals surface area (Å²) in [6, 6.07) is 0. The third kappa shape index (κ3) is 7.50. The van der Waals surface area contributed by atoms with E-state index >= 15 is 0 Å². The second kappa shape index (κ2) is 6.62. The van der Waals surface area contributed by atoms with Crippen LogP contribution in [0.5, 0.6) is 0 Å². The van der Waals surface area contributed by atoms with Gasteiger partial charge in [0.05, 0.1) is 6.10 Å². The number of nitrogens with one attached hydrogen (secondary N) is 1. The first-order valence-electron chi connectivity index (χ1n) is 3.83. The summed E-state index contributed by atoms with van der Waals surface area (Å²) in [4.78, 5) is 0. The second-order valence-electron chi connectivity index (χ2n) is 2.45. The van der Waals surface area contributed by atoms with Gasteiger partial charge in [0.25, 0.3) is 0 Å². The first-order chi connectivity index (χ1) is 4.77. The zero-order valence-corrected chi connectivity index (χ0v) is 6.80. The van der Waals surface area contributed by atoms with E-state index in [2.05, 4.69) is 18.3 Å². The molecule has 0 heterocycles. The molecule has 2 N–H and O–H groups in total. The van der Waals surface area contributed by atoms with Crippen molar-refractivity contribution in [3.63, 3.8) is 0 Å². The zero-order chi connectivity index (χ0) is 7.82. The van der Waals surface area contributed by atoms with Gasteiger partial charge in [-0.25, -0.2) is 0 Å². The molecule has 0 saturated heterocycles. The molecule has 0 radical (unpaired) electrons. The zero-order valence-electron chi connectivity index (χ0n) is 6.80. The molecule has 2 heteroatoms. The summed E-state index contributed by atoms with van der Waals surface area (Å²) in [5.41, 5.74) is 0. The van der Waals surface area contributed by atoms with Crippen LogP contribution in [0.3, 0.4) is 0 Å². The second-order valence-corrected chi connectivity index (χ2v) is 2.45. The Morgan fingerprint density at radius 2 is 2.30 bits per heavy atom. The van der Waals surface area contributed by atoms with E-state index < -0.39 is 0 Å². The van der Waals surface area contributed by atoms with E-state index in [-0.39, 0.29) is 6.10 Å². The Labute approximate surface area is 62.9 Å². The number of aliphatic hydroxyl groups is 1. The van der Waals surface area contributed by atoms with Crippen LogP contribution in [0, 0.1) is 0 Å². The fourth-order valence-corrected chi connectivity index (χ4v) is 0.572. The fraction of sp³-hybridized carbons (Fsp3) is 0.750. The van der Waals surface area contributed by atoms with E-state index in [0.29, 0.717) is 6.54 Å². The van der Waals surface area contributed by atoms with E-state index in [9.17, 15) is 0 Å². The standard InChI is InChI=1S/C8H17NO/c1-3-4-5-6-9-7-8(2)10/h5-6,8-10H,3-4,7H2,1-2H3/b6-5+/t8-/m1/s1. The Morgan fingerprint density at radius 3 is 2.80 bits per heavy atom. The highest BCUT2D eigenvalue weighted by Gasteiger charge is 1.88. The average molecular weight is 143 g/mol. The molecule has 0 aromatic carbocycles. The predicted molar refractivity (Wildman–Crippen MR) is 43.7 cm³/mol. The van der Waals surface area contributed by atoms with Gasteiger partial charge in [-0.05, 0) is 19.5 Å². The molecule has 0 bridgehead atoms. The molecule has 0 fully saturated rings.